The zero-order valence-electron chi connectivity index (χ0n) is 20.4. The molecule has 3 aromatic rings. The van der Waals surface area contributed by atoms with Crippen LogP contribution in [-0.2, 0) is 10.9 Å². The number of aromatic amines is 1. The summed E-state index contributed by atoms with van der Waals surface area (Å²) in [6, 6.07) is 4.17. The van der Waals surface area contributed by atoms with E-state index in [4.69, 9.17) is 9.47 Å². The topological polar surface area (TPSA) is 134 Å². The molecule has 194 valence electrons. The first kappa shape index (κ1) is 26.0. The largest absolute Gasteiger partial charge is 0.469 e. The Morgan fingerprint density at radius 2 is 1.95 bits per heavy atom. The highest BCUT2D eigenvalue weighted by Crippen LogP contribution is 2.36. The highest BCUT2D eigenvalue weighted by Gasteiger charge is 2.38. The number of pyridine rings is 2. The molecule has 37 heavy (non-hydrogen) atoms. The first-order valence-electron chi connectivity index (χ1n) is 11.4. The highest BCUT2D eigenvalue weighted by atomic mass is 19.4. The Bertz CT molecular complexity index is 1460. The average Bonchev–Trinajstić information content (AvgIpc) is 2.81. The van der Waals surface area contributed by atoms with E-state index in [0.29, 0.717) is 13.1 Å². The summed E-state index contributed by atoms with van der Waals surface area (Å²) in [6.07, 6.45) is -5.30. The molecule has 3 aromatic heterocycles. The Hall–Kier alpha value is -4.05. The highest BCUT2D eigenvalue weighted by molar-refractivity contribution is 5.94. The third-order valence-electron chi connectivity index (χ3n) is 5.76. The van der Waals surface area contributed by atoms with Crippen molar-refractivity contribution in [2.75, 3.05) is 13.1 Å². The van der Waals surface area contributed by atoms with Crippen molar-refractivity contribution < 1.29 is 27.4 Å². The van der Waals surface area contributed by atoms with E-state index in [1.807, 2.05) is 19.9 Å². The minimum absolute atomic E-state index is 0.119. The van der Waals surface area contributed by atoms with Gasteiger partial charge in [0.15, 0.2) is 11.3 Å². The number of nitriles is 1. The van der Waals surface area contributed by atoms with E-state index in [2.05, 4.69) is 19.9 Å². The molecule has 0 bridgehead atoms. The van der Waals surface area contributed by atoms with Gasteiger partial charge >= 0.3 is 6.18 Å². The van der Waals surface area contributed by atoms with Gasteiger partial charge in [-0.3, -0.25) is 9.59 Å². The molecule has 1 aliphatic rings. The molecule has 0 spiro atoms. The molecule has 3 atom stereocenters. The second kappa shape index (κ2) is 9.78. The van der Waals surface area contributed by atoms with Crippen molar-refractivity contribution in [1.82, 2.24) is 24.8 Å². The number of fused-ring (bicyclic) bond motifs is 1. The van der Waals surface area contributed by atoms with Crippen LogP contribution in [0.3, 0.4) is 0 Å². The van der Waals surface area contributed by atoms with Gasteiger partial charge in [-0.2, -0.15) is 18.4 Å². The first-order chi connectivity index (χ1) is 17.4. The molecule has 1 amide bonds. The third kappa shape index (κ3) is 5.39. The number of ether oxygens (including phenoxy) is 2. The average molecular weight is 516 g/mol. The van der Waals surface area contributed by atoms with Gasteiger partial charge in [-0.25, -0.2) is 15.0 Å². The molecule has 10 nitrogen and oxygen atoms in total. The van der Waals surface area contributed by atoms with Crippen LogP contribution in [0.4, 0.5) is 13.2 Å². The lowest BCUT2D eigenvalue weighted by atomic mass is 10.1. The van der Waals surface area contributed by atoms with Crippen LogP contribution in [0.15, 0.2) is 23.1 Å². The number of carbonyl (C=O) groups excluding carboxylic acids is 1. The lowest BCUT2D eigenvalue weighted by molar-refractivity contribution is -0.142. The van der Waals surface area contributed by atoms with Gasteiger partial charge in [-0.1, -0.05) is 0 Å². The summed E-state index contributed by atoms with van der Waals surface area (Å²) < 4.78 is 52.8. The minimum atomic E-state index is -4.87. The SMILES string of the molecule is Cc1nc2nc(C(F)(F)F)c(C(C)Oc3ncc(C(=O)N4C[C@@H](C)O[C@@H](C)C4)cc3C#N)cc2c(=O)[nH]1. The van der Waals surface area contributed by atoms with Crippen LogP contribution in [0, 0.1) is 18.3 Å². The summed E-state index contributed by atoms with van der Waals surface area (Å²) >= 11 is 0. The number of morpholine rings is 1. The Kier molecular flexibility index (Phi) is 6.88. The van der Waals surface area contributed by atoms with Gasteiger partial charge in [0.1, 0.15) is 23.6 Å². The Morgan fingerprint density at radius 3 is 2.57 bits per heavy atom. The Balaban J connectivity index is 1.67. The number of H-pyrrole nitrogens is 1. The number of amides is 1. The maximum atomic E-state index is 13.8. The molecule has 1 unspecified atom stereocenters. The number of hydrogen-bond donors (Lipinski definition) is 1. The fraction of sp³-hybridized carbons (Fsp3) is 0.417. The standard InChI is InChI=1S/C24H23F3N6O4/c1-11-9-33(10-12(2)36-11)23(35)16-5-15(7-28)22(29-8-16)37-13(3)17-6-18-20(30-14(4)31-21(18)34)32-19(17)24(25,26)27/h5-6,8,11-13H,9-10H2,1-4H3,(H,30,31,32,34)/t11-,12+,13?. The monoisotopic (exact) mass is 516 g/mol. The normalized spacial score (nSPS) is 18.9. The molecule has 0 radical (unpaired) electrons. The minimum Gasteiger partial charge on any atom is -0.469 e. The van der Waals surface area contributed by atoms with Crippen molar-refractivity contribution in [3.8, 4) is 11.9 Å². The smallest absolute Gasteiger partial charge is 0.433 e. The van der Waals surface area contributed by atoms with Crippen LogP contribution in [0.1, 0.15) is 59.9 Å². The number of hydrogen-bond acceptors (Lipinski definition) is 8. The number of rotatable bonds is 4. The van der Waals surface area contributed by atoms with Crippen molar-refractivity contribution in [1.29, 1.82) is 5.26 Å². The van der Waals surface area contributed by atoms with Crippen molar-refractivity contribution >= 4 is 16.9 Å². The second-order valence-electron chi connectivity index (χ2n) is 8.86. The van der Waals surface area contributed by atoms with E-state index < -0.39 is 29.1 Å². The number of halogens is 3. The van der Waals surface area contributed by atoms with Crippen LogP contribution < -0.4 is 10.3 Å². The summed E-state index contributed by atoms with van der Waals surface area (Å²) in [5, 5.41) is 9.48. The van der Waals surface area contributed by atoms with Crippen LogP contribution in [-0.4, -0.2) is 56.0 Å². The quantitative estimate of drug-likeness (QED) is 0.558. The molecular weight excluding hydrogens is 493 g/mol. The number of aryl methyl sites for hydroxylation is 1. The number of nitrogens with one attached hydrogen (secondary N) is 1. The van der Waals surface area contributed by atoms with Crippen molar-refractivity contribution in [3.63, 3.8) is 0 Å². The van der Waals surface area contributed by atoms with Gasteiger partial charge in [0.25, 0.3) is 11.5 Å². The predicted octanol–water partition coefficient (Wildman–Crippen LogP) is 3.30. The van der Waals surface area contributed by atoms with Gasteiger partial charge in [-0.15, -0.1) is 0 Å². The van der Waals surface area contributed by atoms with Crippen molar-refractivity contribution in [2.24, 2.45) is 0 Å². The number of carbonyl (C=O) groups is 1. The van der Waals surface area contributed by atoms with Gasteiger partial charge in [0, 0.05) is 24.8 Å². The van der Waals surface area contributed by atoms with Gasteiger partial charge in [0.2, 0.25) is 5.88 Å². The summed E-state index contributed by atoms with van der Waals surface area (Å²) in [4.78, 5) is 40.8. The fourth-order valence-corrected chi connectivity index (χ4v) is 4.23. The molecule has 1 fully saturated rings. The molecular formula is C24H23F3N6O4. The molecule has 1 N–H and O–H groups in total. The first-order valence-corrected chi connectivity index (χ1v) is 11.4. The zero-order valence-corrected chi connectivity index (χ0v) is 20.4. The van der Waals surface area contributed by atoms with E-state index in [1.54, 1.807) is 4.90 Å². The number of nitrogens with zero attached hydrogens (tertiary/aromatic N) is 5. The lowest BCUT2D eigenvalue weighted by Crippen LogP contribution is -2.48. The van der Waals surface area contributed by atoms with E-state index >= 15 is 0 Å². The summed E-state index contributed by atoms with van der Waals surface area (Å²) in [6.45, 7) is 7.15. The second-order valence-corrected chi connectivity index (χ2v) is 8.86. The van der Waals surface area contributed by atoms with Crippen LogP contribution >= 0.6 is 0 Å². The predicted molar refractivity (Wildman–Crippen MR) is 124 cm³/mol. The summed E-state index contributed by atoms with van der Waals surface area (Å²) in [7, 11) is 0. The number of alkyl halides is 3. The molecule has 1 saturated heterocycles. The molecule has 1 aliphatic heterocycles. The van der Waals surface area contributed by atoms with Crippen LogP contribution in [0.2, 0.25) is 0 Å². The van der Waals surface area contributed by atoms with Gasteiger partial charge in [0.05, 0.1) is 23.2 Å². The molecule has 0 aliphatic carbocycles. The van der Waals surface area contributed by atoms with Gasteiger partial charge in [-0.05, 0) is 39.8 Å². The van der Waals surface area contributed by atoms with E-state index in [9.17, 15) is 28.0 Å². The van der Waals surface area contributed by atoms with Crippen molar-refractivity contribution in [3.05, 3.63) is 56.9 Å². The van der Waals surface area contributed by atoms with Crippen LogP contribution in [0.5, 0.6) is 5.88 Å². The Morgan fingerprint density at radius 1 is 1.27 bits per heavy atom. The molecule has 13 heteroatoms. The molecule has 4 rings (SSSR count). The lowest BCUT2D eigenvalue weighted by Gasteiger charge is -2.35. The van der Waals surface area contributed by atoms with Gasteiger partial charge < -0.3 is 19.4 Å². The maximum Gasteiger partial charge on any atom is 0.433 e. The third-order valence-corrected chi connectivity index (χ3v) is 5.76. The number of aromatic nitrogens is 4. The van der Waals surface area contributed by atoms with E-state index in [0.717, 1.165) is 6.07 Å². The maximum absolute atomic E-state index is 13.8. The van der Waals surface area contributed by atoms with E-state index in [-0.39, 0.29) is 52.0 Å². The van der Waals surface area contributed by atoms with Crippen LogP contribution in [0.25, 0.3) is 11.0 Å². The molecule has 0 aromatic carbocycles. The summed E-state index contributed by atoms with van der Waals surface area (Å²) in [5.74, 6) is -0.501. The summed E-state index contributed by atoms with van der Waals surface area (Å²) in [5.41, 5.74) is -2.71. The Labute approximate surface area is 209 Å². The van der Waals surface area contributed by atoms with E-state index in [1.165, 1.54) is 26.1 Å². The zero-order chi connectivity index (χ0) is 27.1. The fourth-order valence-electron chi connectivity index (χ4n) is 4.23. The van der Waals surface area contributed by atoms with Crippen molar-refractivity contribution in [2.45, 2.75) is 52.2 Å². The molecule has 4 heterocycles. The molecule has 0 saturated carbocycles.